The third kappa shape index (κ3) is 5.49. The molecule has 2 aliphatic rings. The summed E-state index contributed by atoms with van der Waals surface area (Å²) >= 11 is 6.75. The Morgan fingerprint density at radius 1 is 1.04 bits per heavy atom. The van der Waals surface area contributed by atoms with E-state index in [1.54, 1.807) is 11.1 Å². The molecule has 0 fully saturated rings. The van der Waals surface area contributed by atoms with Gasteiger partial charge in [-0.2, -0.15) is 0 Å². The number of aromatic nitrogens is 2. The van der Waals surface area contributed by atoms with Crippen LogP contribution in [-0.4, -0.2) is 26.6 Å². The first-order valence-corrected chi connectivity index (χ1v) is 10.2. The van der Waals surface area contributed by atoms with Gasteiger partial charge < -0.3 is 10.1 Å². The Morgan fingerprint density at radius 2 is 1.67 bits per heavy atom. The Balaban J connectivity index is 0.000000177. The lowest BCUT2D eigenvalue weighted by Crippen LogP contribution is -2.33. The van der Waals surface area contributed by atoms with Crippen LogP contribution in [0.15, 0.2) is 33.5 Å². The molecule has 0 aliphatic carbocycles. The smallest absolute Gasteiger partial charge is 0.410 e. The van der Waals surface area contributed by atoms with Crippen molar-refractivity contribution in [2.75, 3.05) is 0 Å². The van der Waals surface area contributed by atoms with Crippen molar-refractivity contribution in [3.05, 3.63) is 56.0 Å². The van der Waals surface area contributed by atoms with Crippen molar-refractivity contribution < 1.29 is 9.53 Å². The van der Waals surface area contributed by atoms with E-state index < -0.39 is 5.60 Å². The highest BCUT2D eigenvalue weighted by molar-refractivity contribution is 9.10. The molecule has 6 nitrogen and oxygen atoms in total. The van der Waals surface area contributed by atoms with E-state index in [4.69, 9.17) is 4.74 Å². The van der Waals surface area contributed by atoms with Gasteiger partial charge in [-0.1, -0.05) is 0 Å². The summed E-state index contributed by atoms with van der Waals surface area (Å²) < 4.78 is 7.33. The van der Waals surface area contributed by atoms with Gasteiger partial charge in [-0.05, 0) is 75.9 Å². The molecule has 0 saturated carbocycles. The van der Waals surface area contributed by atoms with Gasteiger partial charge >= 0.3 is 6.09 Å². The van der Waals surface area contributed by atoms with Crippen LogP contribution in [0.2, 0.25) is 0 Å². The number of amides is 1. The van der Waals surface area contributed by atoms with E-state index in [1.165, 1.54) is 11.3 Å². The molecular formula is C19H22Br2N4O2. The molecular weight excluding hydrogens is 476 g/mol. The van der Waals surface area contributed by atoms with Crippen molar-refractivity contribution in [2.24, 2.45) is 0 Å². The molecule has 2 aromatic rings. The number of rotatable bonds is 0. The lowest BCUT2D eigenvalue weighted by Gasteiger charge is -2.23. The number of nitrogens with one attached hydrogen (secondary N) is 1. The minimum atomic E-state index is -0.458. The second-order valence-electron chi connectivity index (χ2n) is 7.46. The minimum Gasteiger partial charge on any atom is -0.444 e. The highest BCUT2D eigenvalue weighted by atomic mass is 79.9. The third-order valence-electron chi connectivity index (χ3n) is 4.01. The fraction of sp³-hybridized carbons (Fsp3) is 0.421. The number of carbonyl (C=O) groups is 1. The van der Waals surface area contributed by atoms with Gasteiger partial charge in [-0.15, -0.1) is 0 Å². The van der Waals surface area contributed by atoms with Crippen molar-refractivity contribution in [3.8, 4) is 0 Å². The van der Waals surface area contributed by atoms with E-state index in [0.717, 1.165) is 33.3 Å². The van der Waals surface area contributed by atoms with Crippen LogP contribution in [0, 0.1) is 0 Å². The van der Waals surface area contributed by atoms with Crippen LogP contribution in [0.5, 0.6) is 0 Å². The summed E-state index contributed by atoms with van der Waals surface area (Å²) in [4.78, 5) is 22.1. The Bertz CT molecular complexity index is 852. The van der Waals surface area contributed by atoms with Gasteiger partial charge in [-0.3, -0.25) is 14.9 Å². The SMILES string of the molecule is Brc1cnc2c(c1)CNC2.CC(C)(C)OC(=O)N1Cc2cc(Br)cnc2C1. The summed E-state index contributed by atoms with van der Waals surface area (Å²) in [5.74, 6) is 0. The molecule has 0 aromatic carbocycles. The summed E-state index contributed by atoms with van der Waals surface area (Å²) in [6.07, 6.45) is 3.30. The van der Waals surface area contributed by atoms with Crippen LogP contribution in [0.3, 0.4) is 0 Å². The van der Waals surface area contributed by atoms with Crippen LogP contribution < -0.4 is 5.32 Å². The van der Waals surface area contributed by atoms with Gasteiger partial charge in [0.15, 0.2) is 0 Å². The highest BCUT2D eigenvalue weighted by Gasteiger charge is 2.28. The van der Waals surface area contributed by atoms with E-state index in [0.29, 0.717) is 13.1 Å². The largest absolute Gasteiger partial charge is 0.444 e. The molecule has 0 bridgehead atoms. The average molecular weight is 498 g/mol. The molecule has 8 heteroatoms. The number of fused-ring (bicyclic) bond motifs is 2. The fourth-order valence-corrected chi connectivity index (χ4v) is 3.58. The topological polar surface area (TPSA) is 67.4 Å². The van der Waals surface area contributed by atoms with Gasteiger partial charge in [0.25, 0.3) is 0 Å². The molecule has 1 amide bonds. The summed E-state index contributed by atoms with van der Waals surface area (Å²) in [7, 11) is 0. The fourth-order valence-electron chi connectivity index (χ4n) is 2.82. The molecule has 4 rings (SSSR count). The Kier molecular flexibility index (Phi) is 6.18. The normalized spacial score (nSPS) is 14.9. The second-order valence-corrected chi connectivity index (χ2v) is 9.29. The Morgan fingerprint density at radius 3 is 2.33 bits per heavy atom. The number of carbonyl (C=O) groups excluding carboxylic acids is 1. The summed E-state index contributed by atoms with van der Waals surface area (Å²) in [5, 5.41) is 3.23. The van der Waals surface area contributed by atoms with Gasteiger partial charge in [0.2, 0.25) is 0 Å². The van der Waals surface area contributed by atoms with Crippen LogP contribution in [-0.2, 0) is 30.9 Å². The van der Waals surface area contributed by atoms with Gasteiger partial charge in [0, 0.05) is 34.4 Å². The maximum absolute atomic E-state index is 11.9. The average Bonchev–Trinajstić information content (AvgIpc) is 3.19. The van der Waals surface area contributed by atoms with Crippen molar-refractivity contribution in [1.82, 2.24) is 20.2 Å². The number of hydrogen-bond acceptors (Lipinski definition) is 5. The zero-order chi connectivity index (χ0) is 19.6. The summed E-state index contributed by atoms with van der Waals surface area (Å²) in [5.41, 5.74) is 4.06. The van der Waals surface area contributed by atoms with Gasteiger partial charge in [0.05, 0.1) is 24.5 Å². The van der Waals surface area contributed by atoms with Crippen LogP contribution in [0.25, 0.3) is 0 Å². The molecule has 0 unspecified atom stereocenters. The van der Waals surface area contributed by atoms with Gasteiger partial charge in [-0.25, -0.2) is 4.79 Å². The molecule has 144 valence electrons. The molecule has 4 heterocycles. The maximum atomic E-state index is 11.9. The molecule has 27 heavy (non-hydrogen) atoms. The van der Waals surface area contributed by atoms with Crippen LogP contribution >= 0.6 is 31.9 Å². The number of ether oxygens (including phenoxy) is 1. The number of pyridine rings is 2. The number of halogens is 2. The van der Waals surface area contributed by atoms with E-state index in [-0.39, 0.29) is 6.09 Å². The molecule has 0 radical (unpaired) electrons. The highest BCUT2D eigenvalue weighted by Crippen LogP contribution is 2.25. The van der Waals surface area contributed by atoms with Crippen molar-refractivity contribution in [1.29, 1.82) is 0 Å². The zero-order valence-electron chi connectivity index (χ0n) is 15.6. The monoisotopic (exact) mass is 496 g/mol. The lowest BCUT2D eigenvalue weighted by atomic mass is 10.2. The first kappa shape index (κ1) is 20.2. The second kappa shape index (κ2) is 8.24. The maximum Gasteiger partial charge on any atom is 0.410 e. The van der Waals surface area contributed by atoms with E-state index in [2.05, 4.69) is 53.2 Å². The number of nitrogens with zero attached hydrogens (tertiary/aromatic N) is 3. The first-order valence-electron chi connectivity index (χ1n) is 8.66. The Labute approximate surface area is 176 Å². The predicted molar refractivity (Wildman–Crippen MR) is 110 cm³/mol. The standard InChI is InChI=1S/C12H15BrN2O2.C7H7BrN2/c1-12(2,3)17-11(16)15-6-8-4-9(13)5-14-10(8)7-15;8-6-1-5-2-9-4-7(5)10-3-6/h4-5H,6-7H2,1-3H3;1,3,9H,2,4H2. The predicted octanol–water partition coefficient (Wildman–Crippen LogP) is 4.54. The molecule has 2 aliphatic heterocycles. The van der Waals surface area contributed by atoms with Crippen LogP contribution in [0.4, 0.5) is 4.79 Å². The number of hydrogen-bond donors (Lipinski definition) is 1. The van der Waals surface area contributed by atoms with Crippen molar-refractivity contribution in [2.45, 2.75) is 52.6 Å². The Hall–Kier alpha value is -1.51. The summed E-state index contributed by atoms with van der Waals surface area (Å²) in [6.45, 7) is 8.56. The molecule has 1 N–H and O–H groups in total. The van der Waals surface area contributed by atoms with Crippen LogP contribution in [0.1, 0.15) is 43.3 Å². The van der Waals surface area contributed by atoms with Gasteiger partial charge in [0.1, 0.15) is 5.60 Å². The summed E-state index contributed by atoms with van der Waals surface area (Å²) in [6, 6.07) is 4.11. The van der Waals surface area contributed by atoms with Crippen molar-refractivity contribution in [3.63, 3.8) is 0 Å². The van der Waals surface area contributed by atoms with E-state index in [1.807, 2.05) is 33.0 Å². The lowest BCUT2D eigenvalue weighted by molar-refractivity contribution is 0.0240. The quantitative estimate of drug-likeness (QED) is 0.578. The molecule has 0 atom stereocenters. The minimum absolute atomic E-state index is 0.286. The molecule has 0 spiro atoms. The van der Waals surface area contributed by atoms with E-state index >= 15 is 0 Å². The van der Waals surface area contributed by atoms with Crippen molar-refractivity contribution >= 4 is 38.0 Å². The molecule has 2 aromatic heterocycles. The first-order chi connectivity index (χ1) is 12.7. The molecule has 0 saturated heterocycles. The zero-order valence-corrected chi connectivity index (χ0v) is 18.7. The third-order valence-corrected chi connectivity index (χ3v) is 4.88. The van der Waals surface area contributed by atoms with E-state index in [9.17, 15) is 4.79 Å².